The predicted octanol–water partition coefficient (Wildman–Crippen LogP) is 3.53. The summed E-state index contributed by atoms with van der Waals surface area (Å²) in [7, 11) is -3.91. The van der Waals surface area contributed by atoms with Crippen molar-refractivity contribution in [1.29, 1.82) is 0 Å². The molecule has 1 aromatic rings. The lowest BCUT2D eigenvalue weighted by molar-refractivity contribution is -0.145. The summed E-state index contributed by atoms with van der Waals surface area (Å²) in [5.74, 6) is -1.73. The highest BCUT2D eigenvalue weighted by Gasteiger charge is 2.30. The van der Waals surface area contributed by atoms with Crippen molar-refractivity contribution >= 4 is 40.0 Å². The summed E-state index contributed by atoms with van der Waals surface area (Å²) in [4.78, 5) is 65.9. The lowest BCUT2D eigenvalue weighted by Gasteiger charge is -2.34. The van der Waals surface area contributed by atoms with Crippen molar-refractivity contribution in [2.75, 3.05) is 51.6 Å². The molecule has 0 radical (unpaired) electrons. The summed E-state index contributed by atoms with van der Waals surface area (Å²) in [6, 6.07) is 7.70. The Morgan fingerprint density at radius 1 is 0.887 bits per heavy atom. The Kier molecular flexibility index (Phi) is 17.3. The van der Waals surface area contributed by atoms with Gasteiger partial charge in [-0.25, -0.2) is 18.0 Å². The molecule has 3 rings (SSSR count). The van der Waals surface area contributed by atoms with Crippen LogP contribution in [0.15, 0.2) is 30.3 Å². The number of esters is 1. The molecule has 2 heterocycles. The van der Waals surface area contributed by atoms with Crippen LogP contribution in [-0.4, -0.2) is 117 Å². The number of ether oxygens (including phenoxy) is 2. The van der Waals surface area contributed by atoms with Crippen LogP contribution in [0.1, 0.15) is 84.6 Å². The van der Waals surface area contributed by atoms with E-state index in [1.807, 2.05) is 26.8 Å². The van der Waals surface area contributed by atoms with Gasteiger partial charge in [0.15, 0.2) is 0 Å². The summed E-state index contributed by atoms with van der Waals surface area (Å²) in [5.41, 5.74) is 0.249. The Hall–Kier alpha value is -3.92. The maximum Gasteiger partial charge on any atom is 0.410 e. The molecular formula is C37H59N5O10S. The van der Waals surface area contributed by atoms with Crippen molar-refractivity contribution in [1.82, 2.24) is 25.2 Å². The van der Waals surface area contributed by atoms with Crippen molar-refractivity contribution in [3.8, 4) is 0 Å². The third-order valence-electron chi connectivity index (χ3n) is 9.69. The Morgan fingerprint density at radius 3 is 1.98 bits per heavy atom. The van der Waals surface area contributed by atoms with Crippen LogP contribution in [0.5, 0.6) is 0 Å². The van der Waals surface area contributed by atoms with E-state index in [1.165, 1.54) is 4.90 Å². The molecule has 2 fully saturated rings. The number of carbonyl (C=O) groups excluding carboxylic acids is 4. The van der Waals surface area contributed by atoms with Crippen LogP contribution in [0.4, 0.5) is 9.59 Å². The number of sulfonamides is 1. The van der Waals surface area contributed by atoms with E-state index in [0.29, 0.717) is 44.9 Å². The molecule has 0 saturated carbocycles. The van der Waals surface area contributed by atoms with E-state index in [4.69, 9.17) is 9.47 Å². The van der Waals surface area contributed by atoms with Gasteiger partial charge >= 0.3 is 18.2 Å². The number of carbonyl (C=O) groups is 5. The summed E-state index contributed by atoms with van der Waals surface area (Å²) in [6.45, 7) is 8.47. The third kappa shape index (κ3) is 16.3. The Balaban J connectivity index is 1.53. The minimum Gasteiger partial charge on any atom is -0.465 e. The molecular weight excluding hydrogens is 706 g/mol. The van der Waals surface area contributed by atoms with E-state index in [-0.39, 0.29) is 55.7 Å². The summed E-state index contributed by atoms with van der Waals surface area (Å²) < 4.78 is 38.5. The van der Waals surface area contributed by atoms with Gasteiger partial charge < -0.3 is 35.0 Å². The normalized spacial score (nSPS) is 17.1. The lowest BCUT2D eigenvalue weighted by atomic mass is 9.84. The van der Waals surface area contributed by atoms with Gasteiger partial charge in [-0.3, -0.25) is 14.4 Å². The average Bonchev–Trinajstić information content (AvgIpc) is 3.11. The van der Waals surface area contributed by atoms with Gasteiger partial charge in [-0.05, 0) is 103 Å². The second-order valence-electron chi connectivity index (χ2n) is 15.0. The van der Waals surface area contributed by atoms with Crippen molar-refractivity contribution in [2.45, 2.75) is 97.1 Å². The van der Waals surface area contributed by atoms with Crippen molar-refractivity contribution in [3.63, 3.8) is 0 Å². The zero-order valence-corrected chi connectivity index (χ0v) is 32.5. The first-order chi connectivity index (χ1) is 25.0. The maximum atomic E-state index is 13.5. The molecule has 2 aliphatic heterocycles. The van der Waals surface area contributed by atoms with E-state index in [1.54, 1.807) is 36.1 Å². The van der Waals surface area contributed by atoms with Crippen LogP contribution < -0.4 is 15.4 Å². The van der Waals surface area contributed by atoms with Gasteiger partial charge in [-0.1, -0.05) is 30.3 Å². The van der Waals surface area contributed by atoms with Gasteiger partial charge in [0.25, 0.3) is 0 Å². The molecule has 298 valence electrons. The molecule has 1 unspecified atom stereocenters. The smallest absolute Gasteiger partial charge is 0.410 e. The Morgan fingerprint density at radius 2 is 1.45 bits per heavy atom. The molecule has 0 aliphatic carbocycles. The van der Waals surface area contributed by atoms with Crippen LogP contribution in [0.3, 0.4) is 0 Å². The van der Waals surface area contributed by atoms with Crippen LogP contribution in [0, 0.1) is 17.8 Å². The number of nitrogens with zero attached hydrogens (tertiary/aromatic N) is 2. The number of rotatable bonds is 18. The van der Waals surface area contributed by atoms with Crippen molar-refractivity contribution in [3.05, 3.63) is 35.9 Å². The molecule has 15 nitrogen and oxygen atoms in total. The number of piperidine rings is 2. The highest BCUT2D eigenvalue weighted by Crippen LogP contribution is 2.29. The molecule has 2 aliphatic rings. The Bertz CT molecular complexity index is 1450. The van der Waals surface area contributed by atoms with Gasteiger partial charge in [-0.2, -0.15) is 4.72 Å². The number of carboxylic acid groups (broad SMARTS) is 1. The average molecular weight is 766 g/mol. The van der Waals surface area contributed by atoms with Crippen LogP contribution in [0.2, 0.25) is 0 Å². The highest BCUT2D eigenvalue weighted by molar-refractivity contribution is 7.89. The number of aryl methyl sites for hydroxylation is 1. The first-order valence-electron chi connectivity index (χ1n) is 18.8. The van der Waals surface area contributed by atoms with Crippen LogP contribution >= 0.6 is 0 Å². The molecule has 16 heteroatoms. The van der Waals surface area contributed by atoms with Gasteiger partial charge in [0.05, 0.1) is 18.9 Å². The summed E-state index contributed by atoms with van der Waals surface area (Å²) in [5, 5.41) is 14.6. The first kappa shape index (κ1) is 43.5. The lowest BCUT2D eigenvalue weighted by Crippen LogP contribution is -2.51. The number of amides is 4. The zero-order valence-electron chi connectivity index (χ0n) is 31.6. The first-order valence-corrected chi connectivity index (χ1v) is 20.4. The van der Waals surface area contributed by atoms with Gasteiger partial charge in [-0.15, -0.1) is 0 Å². The largest absolute Gasteiger partial charge is 0.465 e. The second-order valence-corrected chi connectivity index (χ2v) is 16.8. The summed E-state index contributed by atoms with van der Waals surface area (Å²) in [6.07, 6.45) is 4.72. The fourth-order valence-electron chi connectivity index (χ4n) is 6.60. The van der Waals surface area contributed by atoms with Crippen LogP contribution in [-0.2, 0) is 40.3 Å². The van der Waals surface area contributed by atoms with Gasteiger partial charge in [0.2, 0.25) is 21.8 Å². The van der Waals surface area contributed by atoms with E-state index in [0.717, 1.165) is 44.1 Å². The minimum atomic E-state index is -3.91. The Labute approximate surface area is 313 Å². The number of hydrogen-bond donors (Lipinski definition) is 4. The minimum absolute atomic E-state index is 0.0218. The second kappa shape index (κ2) is 21.1. The topological polar surface area (TPSA) is 201 Å². The zero-order chi connectivity index (χ0) is 39.0. The van der Waals surface area contributed by atoms with Crippen molar-refractivity contribution in [2.24, 2.45) is 17.8 Å². The molecule has 2 saturated heterocycles. The molecule has 0 aromatic heterocycles. The number of likely N-dealkylation sites (tertiary alicyclic amines) is 2. The van der Waals surface area contributed by atoms with Crippen LogP contribution in [0.25, 0.3) is 0 Å². The predicted molar refractivity (Wildman–Crippen MR) is 198 cm³/mol. The van der Waals surface area contributed by atoms with E-state index < -0.39 is 39.6 Å². The summed E-state index contributed by atoms with van der Waals surface area (Å²) >= 11 is 0. The number of benzene rings is 1. The molecule has 4 N–H and O–H groups in total. The monoisotopic (exact) mass is 765 g/mol. The molecule has 2 atom stereocenters. The van der Waals surface area contributed by atoms with Gasteiger partial charge in [0, 0.05) is 38.6 Å². The maximum absolute atomic E-state index is 13.5. The molecule has 0 spiro atoms. The fraction of sp³-hybridized carbons (Fsp3) is 0.703. The van der Waals surface area contributed by atoms with E-state index in [9.17, 15) is 37.5 Å². The standard InChI is InChI=1S/C37H59N5O10S/c1-5-51-34(45)31(40-53(49,50)24-19-27-9-7-6-8-10-27)25-38-32(43)26-39-33(44)30(13-11-28-15-20-41(21-16-28)35(46)47)14-12-29-17-22-42(23-18-29)36(48)52-37(2,3)4/h6-10,28-31,40H,5,11-26H2,1-4H3,(H,38,43)(H,39,44)(H,46,47)/t30?,31-/m0/s1. The molecule has 1 aromatic carbocycles. The van der Waals surface area contributed by atoms with Crippen molar-refractivity contribution < 1.29 is 47.0 Å². The molecule has 0 bridgehead atoms. The quantitative estimate of drug-likeness (QED) is 0.160. The highest BCUT2D eigenvalue weighted by atomic mass is 32.2. The third-order valence-corrected chi connectivity index (χ3v) is 11.1. The SMILES string of the molecule is CCOC(=O)[C@H](CNC(=O)CNC(=O)C(CCC1CCN(C(=O)O)CC1)CCC1CCN(C(=O)OC(C)(C)C)CC1)NS(=O)(=O)CCc1ccccc1. The number of hydrogen-bond acceptors (Lipinski definition) is 9. The number of nitrogens with one attached hydrogen (secondary N) is 3. The van der Waals surface area contributed by atoms with Gasteiger partial charge in [0.1, 0.15) is 11.6 Å². The van der Waals surface area contributed by atoms with E-state index >= 15 is 0 Å². The van der Waals surface area contributed by atoms with E-state index in [2.05, 4.69) is 15.4 Å². The fourth-order valence-corrected chi connectivity index (χ4v) is 7.84. The molecule has 4 amide bonds. The molecule has 53 heavy (non-hydrogen) atoms.